The molecule has 0 heterocycles. The van der Waals surface area contributed by atoms with E-state index in [9.17, 15) is 113 Å². The maximum Gasteiger partial charge on any atom is 0.218 e. The van der Waals surface area contributed by atoms with Gasteiger partial charge < -0.3 is 86.8 Å². The highest BCUT2D eigenvalue weighted by Crippen LogP contribution is 2.41. The van der Waals surface area contributed by atoms with Crippen LogP contribution in [0, 0.1) is 5.92 Å². The van der Waals surface area contributed by atoms with E-state index in [0.717, 1.165) is 6.92 Å². The Morgan fingerprint density at radius 3 is 0.824 bits per heavy atom. The van der Waals surface area contributed by atoms with Crippen molar-refractivity contribution in [2.75, 3.05) is 0 Å². The van der Waals surface area contributed by atoms with E-state index >= 15 is 0 Å². The molecule has 2 aliphatic rings. The van der Waals surface area contributed by atoms with Gasteiger partial charge in [-0.2, -0.15) is 8.42 Å². The summed E-state index contributed by atoms with van der Waals surface area (Å²) in [6.07, 6.45) is -30.6. The quantitative estimate of drug-likeness (QED) is 0.0359. The highest BCUT2D eigenvalue weighted by atomic mass is 32.3. The molecule has 0 amide bonds. The molecule has 2 saturated carbocycles. The average molecular weight is 1220 g/mol. The molecule has 0 radical (unpaired) electrons. The van der Waals surface area contributed by atoms with Gasteiger partial charge in [-0.05, 0) is 0 Å². The molecule has 2 fully saturated rings. The first-order valence-electron chi connectivity index (χ1n) is 14.0. The Kier molecular flexibility index (Phi) is 35.7. The maximum absolute atomic E-state index is 11.0. The molecule has 0 aromatic heterocycles. The van der Waals surface area contributed by atoms with Crippen LogP contribution in [0.15, 0.2) is 0 Å². The van der Waals surface area contributed by atoms with Crippen molar-refractivity contribution in [3.8, 4) is 0 Å². The predicted molar refractivity (Wildman–Crippen MR) is 162 cm³/mol. The molecule has 68 heavy (non-hydrogen) atoms. The summed E-state index contributed by atoms with van der Waals surface area (Å²) in [5, 5.41) is 48.2. The van der Waals surface area contributed by atoms with E-state index in [2.05, 4.69) is 84.3 Å². The largest absolute Gasteiger partial charge is 0.790 e. The molecule has 2 aliphatic carbocycles. The van der Waals surface area contributed by atoms with Gasteiger partial charge in [0.25, 0.3) is 0 Å². The Morgan fingerprint density at radius 1 is 0.412 bits per heavy atom. The van der Waals surface area contributed by atoms with E-state index in [-0.39, 0.29) is 0 Å². The van der Waals surface area contributed by atoms with Gasteiger partial charge in [-0.25, -0.2) is 60.3 Å². The second-order valence-electron chi connectivity index (χ2n) is 10.2. The van der Waals surface area contributed by atoms with Gasteiger partial charge in [-0.1, -0.05) is 6.92 Å². The molecule has 0 aliphatic heterocycles. The summed E-state index contributed by atoms with van der Waals surface area (Å²) in [6.45, 7) is 0.805. The summed E-state index contributed by atoms with van der Waals surface area (Å²) in [5.74, 6) is -1.84. The van der Waals surface area contributed by atoms with Crippen LogP contribution in [0.5, 0.6) is 0 Å². The fourth-order valence-corrected chi connectivity index (χ4v) is 8.42. The first-order chi connectivity index (χ1) is 30.7. The SMILES string of the molecule is C[C@@H]1[C@@H](OS(=O)(=O)[O-])[C@H](O[O-])[C@@H](OO[O-])[C@H](OS(=O)(=O)[O-])[C@H]1OS(=O)(=O)[O-].O=P([O-])([O-])O[C@@H]1[C@@H](OS(=O)(=O)[O-])[C@H](O[O-])[C@@H](OO[O-])[C@@H](OS(=O)(=O)[O-])[C@H]1OS(=O)(=O)[O-].O=P[O-].O=P[O-].O=S.O=S. The number of hydrogen-bond acceptors (Lipinski definition) is 46. The summed E-state index contributed by atoms with van der Waals surface area (Å²) < 4.78 is 266. The molecule has 0 bridgehead atoms. The lowest BCUT2D eigenvalue weighted by Crippen LogP contribution is -2.69. The topological polar surface area (TPSA) is 733 Å². The first-order valence-corrected chi connectivity index (χ1v) is 25.6. The van der Waals surface area contributed by atoms with Crippen molar-refractivity contribution in [1.82, 2.24) is 0 Å². The van der Waals surface area contributed by atoms with Gasteiger partial charge in [0.15, 0.2) is 31.2 Å². The van der Waals surface area contributed by atoms with Crippen molar-refractivity contribution in [2.24, 2.45) is 5.92 Å². The first kappa shape index (κ1) is 73.6. The highest BCUT2D eigenvalue weighted by Gasteiger charge is 2.58. The second kappa shape index (κ2) is 33.0. The third-order valence-electron chi connectivity index (χ3n) is 6.42. The van der Waals surface area contributed by atoms with Crippen molar-refractivity contribution in [2.45, 2.75) is 74.1 Å². The Balaban J connectivity index is -0.000000508. The summed E-state index contributed by atoms with van der Waals surface area (Å²) in [5.41, 5.74) is 0. The second-order valence-corrected chi connectivity index (χ2v) is 17.7. The lowest BCUT2D eigenvalue weighted by atomic mass is 9.79. The predicted octanol–water partition coefficient (Wildman–Crippen LogP) is -15.1. The summed E-state index contributed by atoms with van der Waals surface area (Å²) in [4.78, 5) is 53.1. The van der Waals surface area contributed by atoms with Crippen LogP contribution in [0.2, 0.25) is 0 Å². The van der Waals surface area contributed by atoms with Crippen LogP contribution in [-0.2, 0) is 160 Å². The third kappa shape index (κ3) is 31.5. The fraction of sp³-hybridized carbons (Fsp3) is 1.00. The summed E-state index contributed by atoms with van der Waals surface area (Å²) in [7, 11) is -43.8. The Bertz CT molecular complexity index is 2210. The maximum atomic E-state index is 11.0. The van der Waals surface area contributed by atoms with Gasteiger partial charge in [0, 0.05) is 5.92 Å². The molecule has 0 spiro atoms. The van der Waals surface area contributed by atoms with Crippen LogP contribution in [0.3, 0.4) is 0 Å². The van der Waals surface area contributed by atoms with E-state index < -0.39 is 161 Å². The van der Waals surface area contributed by atoms with Crippen molar-refractivity contribution in [1.29, 1.82) is 0 Å². The van der Waals surface area contributed by atoms with Crippen molar-refractivity contribution >= 4 is 113 Å². The number of hydrogen-bond donors (Lipinski definition) is 0. The van der Waals surface area contributed by atoms with Crippen LogP contribution in [0.1, 0.15) is 6.92 Å². The molecular formula is C13H15O44P3S8-14. The molecule has 0 saturated heterocycles. The Labute approximate surface area is 390 Å². The Hall–Kier alpha value is -0.910. The van der Waals surface area contributed by atoms with Gasteiger partial charge in [-0.15, -0.1) is 0 Å². The van der Waals surface area contributed by atoms with E-state index in [0.29, 0.717) is 0 Å². The molecule has 2 rings (SSSR count). The molecular weight excluding hydrogens is 1210 g/mol. The molecule has 0 unspecified atom stereocenters. The van der Waals surface area contributed by atoms with Crippen LogP contribution in [0.4, 0.5) is 0 Å². The van der Waals surface area contributed by atoms with Gasteiger partial charge >= 0.3 is 0 Å². The molecule has 44 nitrogen and oxygen atoms in total. The number of rotatable bonds is 20. The van der Waals surface area contributed by atoms with E-state index in [1.807, 2.05) is 0 Å². The average Bonchev–Trinajstić information content (AvgIpc) is 3.14. The van der Waals surface area contributed by atoms with Crippen molar-refractivity contribution < 1.29 is 200 Å². The third-order valence-corrected chi connectivity index (χ3v) is 9.67. The minimum Gasteiger partial charge on any atom is -0.790 e. The molecule has 0 aromatic rings. The lowest BCUT2D eigenvalue weighted by molar-refractivity contribution is -0.812. The standard InChI is InChI=1S/C7H14O17S3.C6H13O21PS3.2HO2P.2OS/c1-2-3(21-25(10,11)12)5(19-8)6(20-24-9)7(23-27(16,17)18)4(2)22-26(13,14)15;7-21-1-2(22-27-8)5(25-30(15,16)17)6(26-31(18,19)20)3(23-28(9,10)11)4(1)24-29(12,13)14;2*1-3-2;2*1-2/h2-9H,1H3,(H,10,11,12)(H,13,14,15)(H,16,17,18);1-8H,(H2,9,10,11)(H,12,13,14)(H,15,16,17)(H,18,19,20);2*(H,1,2);;/p-14/t2-,3-,4+,5+,6-,7-;1-,2-,3-,4+,5-,6+;;;;/m11..../s1. The molecule has 0 aromatic carbocycles. The van der Waals surface area contributed by atoms with Crippen molar-refractivity contribution in [3.63, 3.8) is 0 Å². The van der Waals surface area contributed by atoms with Crippen LogP contribution in [-0.4, -0.2) is 153 Å². The van der Waals surface area contributed by atoms with Gasteiger partial charge in [0.2, 0.25) is 62.4 Å². The van der Waals surface area contributed by atoms with E-state index in [1.54, 1.807) is 0 Å². The van der Waals surface area contributed by atoms with E-state index in [1.165, 1.54) is 0 Å². The minimum atomic E-state index is -6.42. The fourth-order valence-electron chi connectivity index (χ4n) is 4.80. The zero-order valence-electron chi connectivity index (χ0n) is 30.5. The zero-order chi connectivity index (χ0) is 55.0. The van der Waals surface area contributed by atoms with Crippen LogP contribution < -0.4 is 40.6 Å². The van der Waals surface area contributed by atoms with Crippen molar-refractivity contribution in [3.05, 3.63) is 0 Å². The summed E-state index contributed by atoms with van der Waals surface area (Å²) >= 11 is 5.67. The van der Waals surface area contributed by atoms with Gasteiger partial charge in [-0.3, -0.25) is 44.3 Å². The molecule has 408 valence electrons. The van der Waals surface area contributed by atoms with Gasteiger partial charge in [0.1, 0.15) is 61.0 Å². The van der Waals surface area contributed by atoms with Crippen LogP contribution >= 0.6 is 25.2 Å². The number of phosphoric acid groups is 1. The van der Waals surface area contributed by atoms with Crippen LogP contribution in [0.25, 0.3) is 0 Å². The van der Waals surface area contributed by atoms with E-state index in [4.69, 9.17) is 27.3 Å². The molecule has 12 atom stereocenters. The molecule has 0 N–H and O–H groups in total. The summed E-state index contributed by atoms with van der Waals surface area (Å²) in [6, 6.07) is 0. The smallest absolute Gasteiger partial charge is 0.218 e. The number of phosphoric ester groups is 1. The highest BCUT2D eigenvalue weighted by molar-refractivity contribution is 7.82. The zero-order valence-corrected chi connectivity index (χ0v) is 39.7. The molecule has 55 heteroatoms. The Morgan fingerprint density at radius 2 is 0.603 bits per heavy atom. The minimum absolute atomic E-state index is 0.805. The normalized spacial score (nSPS) is 28.0. The lowest BCUT2D eigenvalue weighted by Gasteiger charge is -2.51. The van der Waals surface area contributed by atoms with Gasteiger partial charge in [0.05, 0.1) is 25.2 Å². The monoisotopic (exact) mass is 1220 g/mol.